The van der Waals surface area contributed by atoms with E-state index in [0.717, 1.165) is 38.5 Å². The van der Waals surface area contributed by atoms with Crippen LogP contribution in [0.15, 0.2) is 109 Å². The summed E-state index contributed by atoms with van der Waals surface area (Å²) in [6.07, 6.45) is 49.6. The van der Waals surface area contributed by atoms with Crippen molar-refractivity contribution >= 4 is 19.8 Å². The molecular formula is C48H77O11P. The number of hydrogen-bond acceptors (Lipinski definition) is 10. The van der Waals surface area contributed by atoms with Crippen LogP contribution in [0.25, 0.3) is 0 Å². The van der Waals surface area contributed by atoms with E-state index in [2.05, 4.69) is 73.1 Å². The number of carbonyl (C=O) groups excluding carboxylic acids is 2. The summed E-state index contributed by atoms with van der Waals surface area (Å²) in [6, 6.07) is 0. The van der Waals surface area contributed by atoms with E-state index in [-0.39, 0.29) is 12.8 Å². The van der Waals surface area contributed by atoms with Crippen molar-refractivity contribution in [3.05, 3.63) is 109 Å². The average Bonchev–Trinajstić information content (AvgIpc) is 3.23. The van der Waals surface area contributed by atoms with Gasteiger partial charge in [-0.2, -0.15) is 0 Å². The fourth-order valence-electron chi connectivity index (χ4n) is 5.05. The second-order valence-corrected chi connectivity index (χ2v) is 15.7. The minimum absolute atomic E-state index is 0.0541. The van der Waals surface area contributed by atoms with Gasteiger partial charge in [0.2, 0.25) is 0 Å². The lowest BCUT2D eigenvalue weighted by molar-refractivity contribution is -0.161. The summed E-state index contributed by atoms with van der Waals surface area (Å²) in [4.78, 5) is 34.9. The normalized spacial score (nSPS) is 15.4. The number of allylic oxidation sites excluding steroid dienone is 16. The van der Waals surface area contributed by atoms with Crippen LogP contribution < -0.4 is 0 Å². The molecule has 0 aromatic carbocycles. The van der Waals surface area contributed by atoms with Gasteiger partial charge < -0.3 is 29.7 Å². The van der Waals surface area contributed by atoms with Crippen LogP contribution in [0.2, 0.25) is 0 Å². The quantitative estimate of drug-likeness (QED) is 0.0153. The van der Waals surface area contributed by atoms with Gasteiger partial charge in [0, 0.05) is 12.8 Å². The lowest BCUT2D eigenvalue weighted by Crippen LogP contribution is -2.29. The molecule has 0 bridgehead atoms. The van der Waals surface area contributed by atoms with Gasteiger partial charge in [0.15, 0.2) is 6.10 Å². The monoisotopic (exact) mass is 861 g/mol. The Morgan fingerprint density at radius 2 is 1.07 bits per heavy atom. The molecule has 0 saturated carbocycles. The molecule has 0 radical (unpaired) electrons. The van der Waals surface area contributed by atoms with Crippen molar-refractivity contribution < 1.29 is 52.9 Å². The first-order valence-corrected chi connectivity index (χ1v) is 23.4. The fraction of sp³-hybridized carbons (Fsp3) is 0.583. The average molecular weight is 861 g/mol. The predicted molar refractivity (Wildman–Crippen MR) is 243 cm³/mol. The van der Waals surface area contributed by atoms with E-state index < -0.39 is 64.5 Å². The Balaban J connectivity index is 4.59. The molecule has 0 fully saturated rings. The van der Waals surface area contributed by atoms with Crippen molar-refractivity contribution in [2.75, 3.05) is 26.4 Å². The van der Waals surface area contributed by atoms with Crippen LogP contribution >= 0.6 is 7.82 Å². The summed E-state index contributed by atoms with van der Waals surface area (Å²) in [5.74, 6) is -1.14. The van der Waals surface area contributed by atoms with Crippen molar-refractivity contribution in [3.63, 3.8) is 0 Å². The molecule has 0 aromatic heterocycles. The van der Waals surface area contributed by atoms with E-state index >= 15 is 0 Å². The molecule has 0 aromatic rings. The molecule has 0 saturated heterocycles. The first kappa shape index (κ1) is 56.6. The number of aliphatic hydroxyl groups excluding tert-OH is 3. The SMILES string of the molecule is CCCCC/C=C\C/C=C\C/C=C\C/C=C\C/C=C\CCC(=O)OC[C@H](COP(=O)(O)OC[C@@H](O)CO)OC(=O)CCC/C=C\C/C=C\C=C\[C@@H](O)C/C=C\CCCCC. The number of ether oxygens (including phenoxy) is 2. The zero-order chi connectivity index (χ0) is 44.2. The third-order valence-electron chi connectivity index (χ3n) is 8.49. The molecule has 0 aliphatic carbocycles. The van der Waals surface area contributed by atoms with E-state index in [1.165, 1.54) is 38.5 Å². The summed E-state index contributed by atoms with van der Waals surface area (Å²) in [5.41, 5.74) is 0. The second-order valence-electron chi connectivity index (χ2n) is 14.2. The van der Waals surface area contributed by atoms with Crippen LogP contribution in [-0.4, -0.2) is 76.9 Å². The Morgan fingerprint density at radius 3 is 1.63 bits per heavy atom. The number of hydrogen-bond donors (Lipinski definition) is 4. The van der Waals surface area contributed by atoms with Crippen LogP contribution in [0, 0.1) is 0 Å². The molecule has 11 nitrogen and oxygen atoms in total. The highest BCUT2D eigenvalue weighted by Crippen LogP contribution is 2.43. The van der Waals surface area contributed by atoms with E-state index in [4.69, 9.17) is 19.1 Å². The van der Waals surface area contributed by atoms with Crippen molar-refractivity contribution in [1.82, 2.24) is 0 Å². The molecule has 0 aliphatic rings. The summed E-state index contributed by atoms with van der Waals surface area (Å²) < 4.78 is 32.5. The van der Waals surface area contributed by atoms with Gasteiger partial charge in [0.25, 0.3) is 0 Å². The zero-order valence-corrected chi connectivity index (χ0v) is 37.4. The minimum Gasteiger partial charge on any atom is -0.462 e. The Labute approximate surface area is 361 Å². The maximum atomic E-state index is 12.6. The molecule has 0 aliphatic heterocycles. The van der Waals surface area contributed by atoms with Crippen LogP contribution in [0.1, 0.15) is 136 Å². The third kappa shape index (κ3) is 41.3. The maximum Gasteiger partial charge on any atom is 0.472 e. The van der Waals surface area contributed by atoms with Crippen LogP contribution in [0.5, 0.6) is 0 Å². The Morgan fingerprint density at radius 1 is 0.567 bits per heavy atom. The van der Waals surface area contributed by atoms with Crippen molar-refractivity contribution in [2.45, 2.75) is 154 Å². The second kappa shape index (κ2) is 42.3. The van der Waals surface area contributed by atoms with Gasteiger partial charge in [0.1, 0.15) is 12.7 Å². The van der Waals surface area contributed by atoms with Crippen molar-refractivity contribution in [2.24, 2.45) is 0 Å². The van der Waals surface area contributed by atoms with Gasteiger partial charge in [-0.15, -0.1) is 0 Å². The van der Waals surface area contributed by atoms with Crippen LogP contribution in [0.3, 0.4) is 0 Å². The summed E-state index contributed by atoms with van der Waals surface area (Å²) in [6.45, 7) is 2.05. The number of aliphatic hydroxyl groups is 3. The minimum atomic E-state index is -4.67. The number of unbranched alkanes of at least 4 members (excludes halogenated alkanes) is 7. The smallest absolute Gasteiger partial charge is 0.462 e. The van der Waals surface area contributed by atoms with Gasteiger partial charge in [-0.3, -0.25) is 18.6 Å². The molecule has 0 amide bonds. The van der Waals surface area contributed by atoms with Gasteiger partial charge >= 0.3 is 19.8 Å². The lowest BCUT2D eigenvalue weighted by atomic mass is 10.1. The highest BCUT2D eigenvalue weighted by molar-refractivity contribution is 7.47. The molecule has 0 rings (SSSR count). The lowest BCUT2D eigenvalue weighted by Gasteiger charge is -2.20. The molecule has 60 heavy (non-hydrogen) atoms. The first-order valence-electron chi connectivity index (χ1n) is 22.0. The Hall–Kier alpha value is -3.41. The molecule has 12 heteroatoms. The molecule has 0 spiro atoms. The molecular weight excluding hydrogens is 783 g/mol. The van der Waals surface area contributed by atoms with E-state index in [0.29, 0.717) is 32.1 Å². The predicted octanol–water partition coefficient (Wildman–Crippen LogP) is 10.7. The van der Waals surface area contributed by atoms with Gasteiger partial charge in [0.05, 0.1) is 25.9 Å². The van der Waals surface area contributed by atoms with E-state index in [1.807, 2.05) is 48.6 Å². The summed E-state index contributed by atoms with van der Waals surface area (Å²) in [7, 11) is -4.67. The molecule has 4 N–H and O–H groups in total. The number of phosphoric acid groups is 1. The largest absolute Gasteiger partial charge is 0.472 e. The molecule has 340 valence electrons. The van der Waals surface area contributed by atoms with E-state index in [1.54, 1.807) is 6.08 Å². The number of esters is 2. The van der Waals surface area contributed by atoms with Crippen molar-refractivity contribution in [3.8, 4) is 0 Å². The Bertz CT molecular complexity index is 1380. The van der Waals surface area contributed by atoms with Crippen molar-refractivity contribution in [1.29, 1.82) is 0 Å². The zero-order valence-electron chi connectivity index (χ0n) is 36.5. The fourth-order valence-corrected chi connectivity index (χ4v) is 5.84. The summed E-state index contributed by atoms with van der Waals surface area (Å²) >= 11 is 0. The third-order valence-corrected chi connectivity index (χ3v) is 9.44. The highest BCUT2D eigenvalue weighted by atomic mass is 31.2. The summed E-state index contributed by atoms with van der Waals surface area (Å²) in [5, 5.41) is 28.4. The highest BCUT2D eigenvalue weighted by Gasteiger charge is 2.27. The van der Waals surface area contributed by atoms with Crippen LogP contribution in [0.4, 0.5) is 0 Å². The number of phosphoric ester groups is 1. The van der Waals surface area contributed by atoms with Crippen LogP contribution in [-0.2, 0) is 32.7 Å². The first-order chi connectivity index (χ1) is 29.1. The molecule has 4 atom stereocenters. The van der Waals surface area contributed by atoms with Gasteiger partial charge in [-0.1, -0.05) is 149 Å². The number of carbonyl (C=O) groups is 2. The van der Waals surface area contributed by atoms with E-state index in [9.17, 15) is 29.3 Å². The standard InChI is InChI=1S/C48H77O11P/c1-3-5-7-9-11-12-13-14-15-16-17-18-19-20-21-22-26-30-34-38-47(52)56-42-46(43-58-60(54,55)57-41-45(51)40-49)59-48(53)39-35-31-27-24-23-25-29-33-37-44(50)36-32-28-10-8-6-4-2/h11-12,14-15,17-18,20-21,24-30,32-33,37,44-46,49-51H,3-10,13,16,19,22-23,31,34-36,38-43H2,1-2H3,(H,54,55)/b12-11-,15-14-,18-17-,21-20-,27-24-,29-25-,30-26-,32-28-,37-33+/t44-,45-,46+/m0/s1. The van der Waals surface area contributed by atoms with Gasteiger partial charge in [-0.25, -0.2) is 4.57 Å². The van der Waals surface area contributed by atoms with Gasteiger partial charge in [-0.05, 0) is 83.5 Å². The molecule has 1 unspecified atom stereocenters. The maximum absolute atomic E-state index is 12.6. The molecule has 0 heterocycles. The number of rotatable bonds is 39. The topological polar surface area (TPSA) is 169 Å². The Kier molecular flexibility index (Phi) is 39.9.